The van der Waals surface area contributed by atoms with Crippen molar-refractivity contribution in [2.75, 3.05) is 6.61 Å². The maximum Gasteiger partial charge on any atom is 0.340 e. The number of benzene rings is 1. The van der Waals surface area contributed by atoms with Crippen molar-refractivity contribution in [3.05, 3.63) is 34.9 Å². The van der Waals surface area contributed by atoms with E-state index in [-0.39, 0.29) is 24.1 Å². The normalized spacial score (nSPS) is 21.6. The van der Waals surface area contributed by atoms with E-state index in [2.05, 4.69) is 12.2 Å². The monoisotopic (exact) mass is 309 g/mol. The van der Waals surface area contributed by atoms with Crippen LogP contribution in [0.2, 0.25) is 5.02 Å². The first-order chi connectivity index (χ1) is 10.1. The van der Waals surface area contributed by atoms with Crippen molar-refractivity contribution in [2.45, 2.75) is 38.6 Å². The van der Waals surface area contributed by atoms with E-state index in [0.29, 0.717) is 10.9 Å². The van der Waals surface area contributed by atoms with Crippen LogP contribution in [0.3, 0.4) is 0 Å². The van der Waals surface area contributed by atoms with Gasteiger partial charge in [-0.05, 0) is 30.9 Å². The summed E-state index contributed by atoms with van der Waals surface area (Å²) < 4.78 is 5.01. The summed E-state index contributed by atoms with van der Waals surface area (Å²) in [4.78, 5) is 23.7. The Labute approximate surface area is 129 Å². The van der Waals surface area contributed by atoms with Crippen molar-refractivity contribution in [3.8, 4) is 0 Å². The van der Waals surface area contributed by atoms with Gasteiger partial charge in [-0.25, -0.2) is 4.79 Å². The standard InChI is InChI=1S/C16H20ClNO3/c1-11-6-2-5-9-14(11)18-15(19)10-21-16(20)12-7-3-4-8-13(12)17/h3-4,7-8,11,14H,2,5-6,9-10H2,1H3,(H,18,19)/t11-,14-/m0/s1. The number of ether oxygens (including phenoxy) is 1. The molecule has 21 heavy (non-hydrogen) atoms. The van der Waals surface area contributed by atoms with Gasteiger partial charge in [0.25, 0.3) is 5.91 Å². The van der Waals surface area contributed by atoms with Gasteiger partial charge in [0, 0.05) is 6.04 Å². The Morgan fingerprint density at radius 3 is 2.71 bits per heavy atom. The van der Waals surface area contributed by atoms with Crippen molar-refractivity contribution in [1.82, 2.24) is 5.32 Å². The second kappa shape index (κ2) is 7.46. The van der Waals surface area contributed by atoms with Gasteiger partial charge in [-0.3, -0.25) is 4.79 Å². The molecule has 2 rings (SSSR count). The molecule has 0 heterocycles. The minimum Gasteiger partial charge on any atom is -0.452 e. The number of nitrogens with one attached hydrogen (secondary N) is 1. The molecule has 1 amide bonds. The van der Waals surface area contributed by atoms with Gasteiger partial charge in [-0.1, -0.05) is 43.5 Å². The molecular weight excluding hydrogens is 290 g/mol. The third kappa shape index (κ3) is 4.46. The Bertz CT molecular complexity index is 518. The molecule has 0 aromatic heterocycles. The van der Waals surface area contributed by atoms with Crippen LogP contribution in [-0.4, -0.2) is 24.5 Å². The molecule has 2 atom stereocenters. The molecule has 1 N–H and O–H groups in total. The average molecular weight is 310 g/mol. The van der Waals surface area contributed by atoms with Gasteiger partial charge in [0.2, 0.25) is 0 Å². The molecule has 1 aliphatic carbocycles. The van der Waals surface area contributed by atoms with Crippen molar-refractivity contribution in [2.24, 2.45) is 5.92 Å². The molecule has 1 aromatic rings. The second-order valence-corrected chi connectivity index (χ2v) is 5.90. The van der Waals surface area contributed by atoms with E-state index in [1.54, 1.807) is 24.3 Å². The van der Waals surface area contributed by atoms with E-state index in [1.807, 2.05) is 0 Å². The molecule has 1 saturated carbocycles. The van der Waals surface area contributed by atoms with E-state index < -0.39 is 5.97 Å². The highest BCUT2D eigenvalue weighted by Gasteiger charge is 2.23. The molecule has 0 saturated heterocycles. The van der Waals surface area contributed by atoms with Crippen LogP contribution in [-0.2, 0) is 9.53 Å². The predicted octanol–water partition coefficient (Wildman–Crippen LogP) is 3.19. The number of halogens is 1. The zero-order chi connectivity index (χ0) is 15.2. The van der Waals surface area contributed by atoms with E-state index >= 15 is 0 Å². The molecule has 0 aliphatic heterocycles. The van der Waals surface area contributed by atoms with Crippen LogP contribution in [0.1, 0.15) is 43.0 Å². The maximum absolute atomic E-state index is 11.9. The lowest BCUT2D eigenvalue weighted by molar-refractivity contribution is -0.125. The van der Waals surface area contributed by atoms with E-state index in [9.17, 15) is 9.59 Å². The first kappa shape index (κ1) is 15.8. The van der Waals surface area contributed by atoms with Crippen LogP contribution in [0, 0.1) is 5.92 Å². The van der Waals surface area contributed by atoms with Crippen LogP contribution in [0.5, 0.6) is 0 Å². The van der Waals surface area contributed by atoms with Crippen LogP contribution in [0.15, 0.2) is 24.3 Å². The van der Waals surface area contributed by atoms with Gasteiger partial charge in [0.15, 0.2) is 6.61 Å². The summed E-state index contributed by atoms with van der Waals surface area (Å²) in [5.41, 5.74) is 0.276. The van der Waals surface area contributed by atoms with Gasteiger partial charge in [0.05, 0.1) is 10.6 Å². The average Bonchev–Trinajstić information content (AvgIpc) is 2.48. The number of hydrogen-bond acceptors (Lipinski definition) is 3. The van der Waals surface area contributed by atoms with Crippen LogP contribution in [0.4, 0.5) is 0 Å². The highest BCUT2D eigenvalue weighted by Crippen LogP contribution is 2.23. The molecule has 0 unspecified atom stereocenters. The van der Waals surface area contributed by atoms with Crippen molar-refractivity contribution >= 4 is 23.5 Å². The van der Waals surface area contributed by atoms with Gasteiger partial charge < -0.3 is 10.1 Å². The van der Waals surface area contributed by atoms with E-state index in [4.69, 9.17) is 16.3 Å². The zero-order valence-corrected chi connectivity index (χ0v) is 12.9. The number of amides is 1. The minimum absolute atomic E-state index is 0.185. The number of esters is 1. The molecule has 4 nitrogen and oxygen atoms in total. The van der Waals surface area contributed by atoms with Crippen LogP contribution in [0.25, 0.3) is 0 Å². The van der Waals surface area contributed by atoms with Crippen LogP contribution < -0.4 is 5.32 Å². The molecular formula is C16H20ClNO3. The van der Waals surface area contributed by atoms with E-state index in [1.165, 1.54) is 6.42 Å². The zero-order valence-electron chi connectivity index (χ0n) is 12.1. The highest BCUT2D eigenvalue weighted by atomic mass is 35.5. The summed E-state index contributed by atoms with van der Waals surface area (Å²) >= 11 is 5.91. The maximum atomic E-state index is 11.9. The molecule has 5 heteroatoms. The van der Waals surface area contributed by atoms with Crippen molar-refractivity contribution < 1.29 is 14.3 Å². The lowest BCUT2D eigenvalue weighted by Gasteiger charge is -2.29. The fraction of sp³-hybridized carbons (Fsp3) is 0.500. The van der Waals surface area contributed by atoms with Crippen molar-refractivity contribution in [3.63, 3.8) is 0 Å². The summed E-state index contributed by atoms with van der Waals surface area (Å²) in [6, 6.07) is 6.81. The molecule has 114 valence electrons. The number of carbonyl (C=O) groups excluding carboxylic acids is 2. The van der Waals surface area contributed by atoms with Gasteiger partial charge in [-0.15, -0.1) is 0 Å². The number of rotatable bonds is 4. The first-order valence-corrected chi connectivity index (χ1v) is 7.66. The molecule has 0 bridgehead atoms. The highest BCUT2D eigenvalue weighted by molar-refractivity contribution is 6.33. The smallest absolute Gasteiger partial charge is 0.340 e. The second-order valence-electron chi connectivity index (χ2n) is 5.49. The summed E-state index contributed by atoms with van der Waals surface area (Å²) in [7, 11) is 0. The number of hydrogen-bond donors (Lipinski definition) is 1. The largest absolute Gasteiger partial charge is 0.452 e. The lowest BCUT2D eigenvalue weighted by Crippen LogP contribution is -2.42. The summed E-state index contributed by atoms with van der Waals surface area (Å²) in [5.74, 6) is -0.358. The Morgan fingerprint density at radius 1 is 1.29 bits per heavy atom. The quantitative estimate of drug-likeness (QED) is 0.869. The van der Waals surface area contributed by atoms with Gasteiger partial charge in [0.1, 0.15) is 0 Å². The number of carbonyl (C=O) groups is 2. The van der Waals surface area contributed by atoms with Crippen LogP contribution >= 0.6 is 11.6 Å². The molecule has 1 aromatic carbocycles. The fourth-order valence-corrected chi connectivity index (χ4v) is 2.83. The molecule has 1 aliphatic rings. The molecule has 1 fully saturated rings. The third-order valence-electron chi connectivity index (χ3n) is 3.89. The lowest BCUT2D eigenvalue weighted by atomic mass is 9.86. The fourth-order valence-electron chi connectivity index (χ4n) is 2.61. The Balaban J connectivity index is 1.81. The Kier molecular flexibility index (Phi) is 5.62. The first-order valence-electron chi connectivity index (χ1n) is 7.29. The SMILES string of the molecule is C[C@H]1CCCC[C@@H]1NC(=O)COC(=O)c1ccccc1Cl. The molecule has 0 spiro atoms. The minimum atomic E-state index is -0.576. The van der Waals surface area contributed by atoms with Crippen molar-refractivity contribution in [1.29, 1.82) is 0 Å². The summed E-state index contributed by atoms with van der Waals surface area (Å²) in [6.07, 6.45) is 4.47. The Hall–Kier alpha value is -1.55. The summed E-state index contributed by atoms with van der Waals surface area (Å²) in [6.45, 7) is 1.87. The van der Waals surface area contributed by atoms with Gasteiger partial charge in [-0.2, -0.15) is 0 Å². The van der Waals surface area contributed by atoms with E-state index in [0.717, 1.165) is 19.3 Å². The summed E-state index contributed by atoms with van der Waals surface area (Å²) in [5, 5.41) is 3.26. The Morgan fingerprint density at radius 2 is 2.00 bits per heavy atom. The topological polar surface area (TPSA) is 55.4 Å². The third-order valence-corrected chi connectivity index (χ3v) is 4.22. The predicted molar refractivity (Wildman–Crippen MR) is 81.3 cm³/mol. The van der Waals surface area contributed by atoms with Gasteiger partial charge >= 0.3 is 5.97 Å². The molecule has 0 radical (unpaired) electrons.